The van der Waals surface area contributed by atoms with E-state index in [2.05, 4.69) is 36.4 Å². The van der Waals surface area contributed by atoms with E-state index in [1.165, 1.54) is 0 Å². The van der Waals surface area contributed by atoms with E-state index < -0.39 is 0 Å². The first-order chi connectivity index (χ1) is 8.04. The molecule has 0 aliphatic rings. The van der Waals surface area contributed by atoms with Gasteiger partial charge in [0.1, 0.15) is 0 Å². The topological polar surface area (TPSA) is 50.7 Å². The molecule has 0 spiro atoms. The van der Waals surface area contributed by atoms with Crippen LogP contribution in [0.25, 0.3) is 0 Å². The van der Waals surface area contributed by atoms with Crippen molar-refractivity contribution in [3.8, 4) is 0 Å². The first kappa shape index (κ1) is 12.5. The smallest absolute Gasteiger partial charge is 0.245 e. The van der Waals surface area contributed by atoms with E-state index in [0.717, 1.165) is 15.7 Å². The van der Waals surface area contributed by atoms with Crippen LogP contribution in [0.1, 0.15) is 5.56 Å². The molecule has 88 valence electrons. The molecule has 7 heteroatoms. The Kier molecular flexibility index (Phi) is 3.81. The van der Waals surface area contributed by atoms with Gasteiger partial charge in [0.15, 0.2) is 11.0 Å². The Hall–Kier alpha value is -0.910. The molecule has 0 saturated heterocycles. The molecule has 0 aliphatic heterocycles. The third-order valence-electron chi connectivity index (χ3n) is 1.92. The van der Waals surface area contributed by atoms with Crippen molar-refractivity contribution < 1.29 is 0 Å². The molecule has 0 atom stereocenters. The van der Waals surface area contributed by atoms with Gasteiger partial charge in [-0.15, -0.1) is 10.2 Å². The average Bonchev–Trinajstić information content (AvgIpc) is 2.22. The van der Waals surface area contributed by atoms with Gasteiger partial charge in [-0.2, -0.15) is 4.98 Å². The molecule has 1 aromatic heterocycles. The quantitative estimate of drug-likeness (QED) is 0.902. The molecule has 0 saturated carbocycles. The predicted molar refractivity (Wildman–Crippen MR) is 72.0 cm³/mol. The highest BCUT2D eigenvalue weighted by atomic mass is 79.9. The van der Waals surface area contributed by atoms with Gasteiger partial charge in [0.25, 0.3) is 0 Å². The van der Waals surface area contributed by atoms with Crippen LogP contribution in [0.3, 0.4) is 0 Å². The summed E-state index contributed by atoms with van der Waals surface area (Å²) in [6.45, 7) is 1.99. The van der Waals surface area contributed by atoms with E-state index in [4.69, 9.17) is 23.2 Å². The molecule has 17 heavy (non-hydrogen) atoms. The van der Waals surface area contributed by atoms with Gasteiger partial charge in [-0.1, -0.05) is 27.5 Å². The van der Waals surface area contributed by atoms with Gasteiger partial charge in [0, 0.05) is 10.2 Å². The zero-order valence-electron chi connectivity index (χ0n) is 8.71. The molecule has 0 radical (unpaired) electrons. The highest BCUT2D eigenvalue weighted by Crippen LogP contribution is 2.25. The first-order valence-electron chi connectivity index (χ1n) is 4.64. The lowest BCUT2D eigenvalue weighted by molar-refractivity contribution is 0.974. The van der Waals surface area contributed by atoms with E-state index >= 15 is 0 Å². The number of anilines is 2. The highest BCUT2D eigenvalue weighted by Gasteiger charge is 2.06. The fourth-order valence-corrected chi connectivity index (χ4v) is 2.18. The van der Waals surface area contributed by atoms with Crippen LogP contribution in [-0.2, 0) is 0 Å². The fourth-order valence-electron chi connectivity index (χ4n) is 1.32. The van der Waals surface area contributed by atoms with Crippen LogP contribution in [0.15, 0.2) is 22.7 Å². The van der Waals surface area contributed by atoms with Crippen molar-refractivity contribution in [2.75, 3.05) is 5.32 Å². The van der Waals surface area contributed by atoms with Gasteiger partial charge in [-0.25, -0.2) is 0 Å². The van der Waals surface area contributed by atoms with Crippen LogP contribution < -0.4 is 5.32 Å². The van der Waals surface area contributed by atoms with E-state index in [-0.39, 0.29) is 10.4 Å². The van der Waals surface area contributed by atoms with Gasteiger partial charge >= 0.3 is 0 Å². The Labute approximate surface area is 117 Å². The number of aromatic nitrogens is 3. The van der Waals surface area contributed by atoms with Crippen LogP contribution >= 0.6 is 39.1 Å². The van der Waals surface area contributed by atoms with Crippen molar-refractivity contribution in [1.82, 2.24) is 15.2 Å². The molecule has 4 nitrogen and oxygen atoms in total. The standard InChI is InChI=1S/C10H7BrCl2N4/c1-5-2-6(11)4-7(3-5)14-9-8(12)16-17-10(13)15-9/h2-4H,1H3,(H,14,15,17). The molecule has 1 aromatic carbocycles. The summed E-state index contributed by atoms with van der Waals surface area (Å²) in [5, 5.41) is 10.5. The van der Waals surface area contributed by atoms with Gasteiger partial charge in [0.05, 0.1) is 0 Å². The molecule has 0 aliphatic carbocycles. The number of hydrogen-bond acceptors (Lipinski definition) is 4. The van der Waals surface area contributed by atoms with Crippen molar-refractivity contribution in [3.05, 3.63) is 38.7 Å². The fraction of sp³-hybridized carbons (Fsp3) is 0.100. The van der Waals surface area contributed by atoms with E-state index in [9.17, 15) is 0 Å². The minimum Gasteiger partial charge on any atom is -0.337 e. The van der Waals surface area contributed by atoms with Gasteiger partial charge in [-0.3, -0.25) is 0 Å². The first-order valence-corrected chi connectivity index (χ1v) is 6.19. The third-order valence-corrected chi connectivity index (χ3v) is 2.80. The van der Waals surface area contributed by atoms with Crippen LogP contribution in [-0.4, -0.2) is 15.2 Å². The lowest BCUT2D eigenvalue weighted by atomic mass is 10.2. The van der Waals surface area contributed by atoms with Crippen LogP contribution in [0, 0.1) is 6.92 Å². The number of rotatable bonds is 2. The summed E-state index contributed by atoms with van der Waals surface area (Å²) >= 11 is 14.9. The number of nitrogens with zero attached hydrogens (tertiary/aromatic N) is 3. The number of aryl methyl sites for hydroxylation is 1. The lowest BCUT2D eigenvalue weighted by Gasteiger charge is -2.07. The second-order valence-corrected chi connectivity index (χ2v) is 4.97. The summed E-state index contributed by atoms with van der Waals surface area (Å²) in [6, 6.07) is 5.86. The minimum absolute atomic E-state index is 0.0450. The molecular weight excluding hydrogens is 327 g/mol. The molecule has 1 N–H and O–H groups in total. The maximum absolute atomic E-state index is 5.86. The van der Waals surface area contributed by atoms with Gasteiger partial charge < -0.3 is 5.32 Å². The van der Waals surface area contributed by atoms with Crippen LogP contribution in [0.4, 0.5) is 11.5 Å². The van der Waals surface area contributed by atoms with Crippen molar-refractivity contribution in [3.63, 3.8) is 0 Å². The molecule has 0 fully saturated rings. The zero-order valence-corrected chi connectivity index (χ0v) is 11.8. The molecule has 0 bridgehead atoms. The Bertz CT molecular complexity index is 542. The summed E-state index contributed by atoms with van der Waals surface area (Å²) < 4.78 is 0.962. The van der Waals surface area contributed by atoms with Crippen LogP contribution in [0.2, 0.25) is 10.4 Å². The number of halogens is 3. The van der Waals surface area contributed by atoms with Crippen molar-refractivity contribution in [1.29, 1.82) is 0 Å². The summed E-state index contributed by atoms with van der Waals surface area (Å²) in [7, 11) is 0. The number of benzene rings is 1. The Balaban J connectivity index is 2.34. The summed E-state index contributed by atoms with van der Waals surface area (Å²) in [6.07, 6.45) is 0. The summed E-state index contributed by atoms with van der Waals surface area (Å²) in [4.78, 5) is 3.96. The monoisotopic (exact) mass is 332 g/mol. The summed E-state index contributed by atoms with van der Waals surface area (Å²) in [5.41, 5.74) is 1.95. The Morgan fingerprint density at radius 2 is 1.94 bits per heavy atom. The summed E-state index contributed by atoms with van der Waals surface area (Å²) in [5.74, 6) is 0.379. The average molecular weight is 334 g/mol. The van der Waals surface area contributed by atoms with E-state index in [1.807, 2.05) is 25.1 Å². The largest absolute Gasteiger partial charge is 0.337 e. The Morgan fingerprint density at radius 3 is 2.65 bits per heavy atom. The maximum atomic E-state index is 5.86. The molecule has 0 amide bonds. The van der Waals surface area contributed by atoms with Crippen molar-refractivity contribution >= 4 is 50.6 Å². The SMILES string of the molecule is Cc1cc(Br)cc(Nc2nc(Cl)nnc2Cl)c1. The zero-order chi connectivity index (χ0) is 12.4. The lowest BCUT2D eigenvalue weighted by Crippen LogP contribution is -1.99. The maximum Gasteiger partial charge on any atom is 0.245 e. The van der Waals surface area contributed by atoms with Crippen LogP contribution in [0.5, 0.6) is 0 Å². The Morgan fingerprint density at radius 1 is 1.18 bits per heavy atom. The molecule has 2 rings (SSSR count). The molecule has 0 unspecified atom stereocenters. The van der Waals surface area contributed by atoms with E-state index in [1.54, 1.807) is 0 Å². The van der Waals surface area contributed by atoms with Crippen molar-refractivity contribution in [2.24, 2.45) is 0 Å². The number of nitrogens with one attached hydrogen (secondary N) is 1. The van der Waals surface area contributed by atoms with Crippen molar-refractivity contribution in [2.45, 2.75) is 6.92 Å². The number of hydrogen-bond donors (Lipinski definition) is 1. The minimum atomic E-state index is 0.0450. The molecule has 1 heterocycles. The molecule has 2 aromatic rings. The predicted octanol–water partition coefficient (Wildman–Crippen LogP) is 3.99. The highest BCUT2D eigenvalue weighted by molar-refractivity contribution is 9.10. The third kappa shape index (κ3) is 3.28. The second-order valence-electron chi connectivity index (χ2n) is 3.36. The van der Waals surface area contributed by atoms with Gasteiger partial charge in [0.2, 0.25) is 5.28 Å². The second kappa shape index (κ2) is 5.16. The molecular formula is C10H7BrCl2N4. The normalized spacial score (nSPS) is 10.4. The van der Waals surface area contributed by atoms with Gasteiger partial charge in [-0.05, 0) is 42.3 Å². The van der Waals surface area contributed by atoms with E-state index in [0.29, 0.717) is 5.82 Å².